The highest BCUT2D eigenvalue weighted by Crippen LogP contribution is 2.33. The van der Waals surface area contributed by atoms with Gasteiger partial charge in [0.05, 0.1) is 5.52 Å². The van der Waals surface area contributed by atoms with Crippen LogP contribution < -0.4 is 0 Å². The largest absolute Gasteiger partial charge is 0.313 e. The maximum Gasteiger partial charge on any atom is 0.0563 e. The van der Waals surface area contributed by atoms with Crippen LogP contribution >= 0.6 is 12.4 Å². The van der Waals surface area contributed by atoms with Crippen molar-refractivity contribution in [3.63, 3.8) is 0 Å². The number of likely N-dealkylation sites (N-methyl/N-ethyl adjacent to an activating group) is 1. The van der Waals surface area contributed by atoms with Gasteiger partial charge in [0.15, 0.2) is 0 Å². The van der Waals surface area contributed by atoms with Gasteiger partial charge in [-0.15, -0.1) is 12.4 Å². The van der Waals surface area contributed by atoms with E-state index in [0.29, 0.717) is 0 Å². The van der Waals surface area contributed by atoms with Crippen molar-refractivity contribution in [3.8, 4) is 5.69 Å². The van der Waals surface area contributed by atoms with Crippen LogP contribution in [0.3, 0.4) is 0 Å². The lowest BCUT2D eigenvalue weighted by molar-refractivity contribution is 0.329. The summed E-state index contributed by atoms with van der Waals surface area (Å²) in [5.41, 5.74) is 8.48. The molecule has 0 N–H and O–H groups in total. The number of rotatable bonds is 5. The predicted octanol–water partition coefficient (Wildman–Crippen LogP) is 5.83. The van der Waals surface area contributed by atoms with Crippen molar-refractivity contribution >= 4 is 23.3 Å². The van der Waals surface area contributed by atoms with Crippen LogP contribution in [0.5, 0.6) is 0 Å². The Kier molecular flexibility index (Phi) is 5.75. The Labute approximate surface area is 179 Å². The Morgan fingerprint density at radius 2 is 1.55 bits per heavy atom. The van der Waals surface area contributed by atoms with Crippen LogP contribution in [0.25, 0.3) is 16.6 Å². The Balaban J connectivity index is 0.00000205. The Morgan fingerprint density at radius 1 is 0.828 bits per heavy atom. The molecule has 2 heterocycles. The third-order valence-electron chi connectivity index (χ3n) is 5.92. The predicted molar refractivity (Wildman–Crippen MR) is 124 cm³/mol. The SMILES string of the molecule is CN(CCc1cc2cccc3c2n1-c1ccccc1CC3)Cc1ccccc1.Cl. The van der Waals surface area contributed by atoms with Gasteiger partial charge in [-0.1, -0.05) is 66.7 Å². The molecule has 0 fully saturated rings. The van der Waals surface area contributed by atoms with E-state index in [1.807, 2.05) is 0 Å². The average Bonchev–Trinajstić information content (AvgIpc) is 3.01. The van der Waals surface area contributed by atoms with Crippen molar-refractivity contribution in [2.45, 2.75) is 25.8 Å². The minimum Gasteiger partial charge on any atom is -0.313 e. The second-order valence-corrected chi connectivity index (χ2v) is 7.93. The first-order valence-electron chi connectivity index (χ1n) is 10.2. The van der Waals surface area contributed by atoms with Crippen molar-refractivity contribution in [1.29, 1.82) is 0 Å². The summed E-state index contributed by atoms with van der Waals surface area (Å²) in [6.07, 6.45) is 3.28. The van der Waals surface area contributed by atoms with Gasteiger partial charge in [0, 0.05) is 36.3 Å². The number of fused-ring (bicyclic) bond motifs is 2. The fourth-order valence-corrected chi connectivity index (χ4v) is 4.54. The zero-order valence-electron chi connectivity index (χ0n) is 16.8. The van der Waals surface area contributed by atoms with E-state index in [-0.39, 0.29) is 12.4 Å². The van der Waals surface area contributed by atoms with Gasteiger partial charge in [-0.3, -0.25) is 0 Å². The molecule has 1 aliphatic heterocycles. The molecule has 4 aromatic rings. The number of aromatic nitrogens is 1. The van der Waals surface area contributed by atoms with E-state index in [1.54, 1.807) is 0 Å². The van der Waals surface area contributed by atoms with Crippen molar-refractivity contribution in [1.82, 2.24) is 9.47 Å². The molecule has 5 rings (SSSR count). The van der Waals surface area contributed by atoms with Gasteiger partial charge in [0.25, 0.3) is 0 Å². The highest BCUT2D eigenvalue weighted by Gasteiger charge is 2.19. The minimum atomic E-state index is 0. The number of nitrogens with zero attached hydrogens (tertiary/aromatic N) is 2. The summed E-state index contributed by atoms with van der Waals surface area (Å²) in [4.78, 5) is 2.42. The first kappa shape index (κ1) is 19.8. The van der Waals surface area contributed by atoms with Gasteiger partial charge in [-0.05, 0) is 48.7 Å². The van der Waals surface area contributed by atoms with Crippen molar-refractivity contribution in [3.05, 3.63) is 101 Å². The minimum absolute atomic E-state index is 0. The summed E-state index contributed by atoms with van der Waals surface area (Å²) in [5.74, 6) is 0. The summed E-state index contributed by atoms with van der Waals surface area (Å²) in [5, 5.41) is 1.37. The first-order chi connectivity index (χ1) is 13.8. The molecular formula is C26H27ClN2. The molecule has 2 nitrogen and oxygen atoms in total. The summed E-state index contributed by atoms with van der Waals surface area (Å²) in [7, 11) is 2.22. The number of hydrogen-bond donors (Lipinski definition) is 0. The van der Waals surface area contributed by atoms with E-state index < -0.39 is 0 Å². The normalized spacial score (nSPS) is 12.5. The third-order valence-corrected chi connectivity index (χ3v) is 5.92. The van der Waals surface area contributed by atoms with E-state index in [4.69, 9.17) is 0 Å². The molecule has 3 heteroatoms. The fraction of sp³-hybridized carbons (Fsp3) is 0.231. The highest BCUT2D eigenvalue weighted by molar-refractivity contribution is 5.87. The van der Waals surface area contributed by atoms with Gasteiger partial charge in [0.2, 0.25) is 0 Å². The maximum atomic E-state index is 2.53. The molecule has 0 aliphatic carbocycles. The molecule has 1 aromatic heterocycles. The quantitative estimate of drug-likeness (QED) is 0.408. The van der Waals surface area contributed by atoms with E-state index in [1.165, 1.54) is 39.0 Å². The van der Waals surface area contributed by atoms with Gasteiger partial charge in [-0.25, -0.2) is 0 Å². The third kappa shape index (κ3) is 3.83. The molecule has 0 amide bonds. The number of halogens is 1. The molecule has 29 heavy (non-hydrogen) atoms. The number of benzene rings is 3. The van der Waals surface area contributed by atoms with Crippen molar-refractivity contribution in [2.24, 2.45) is 0 Å². The molecule has 0 saturated carbocycles. The van der Waals surface area contributed by atoms with E-state index >= 15 is 0 Å². The molecule has 0 unspecified atom stereocenters. The summed E-state index contributed by atoms with van der Waals surface area (Å²) < 4.78 is 2.53. The Hall–Kier alpha value is -2.55. The van der Waals surface area contributed by atoms with E-state index in [9.17, 15) is 0 Å². The van der Waals surface area contributed by atoms with E-state index in [2.05, 4.69) is 95.4 Å². The molecule has 3 aromatic carbocycles. The average molecular weight is 403 g/mol. The molecule has 0 radical (unpaired) electrons. The second kappa shape index (κ2) is 8.44. The van der Waals surface area contributed by atoms with Crippen LogP contribution in [0.4, 0.5) is 0 Å². The molecule has 0 saturated heterocycles. The Bertz CT molecular complexity index is 1110. The summed E-state index contributed by atoms with van der Waals surface area (Å²) in [6, 6.07) is 28.8. The van der Waals surface area contributed by atoms with Gasteiger partial charge >= 0.3 is 0 Å². The number of para-hydroxylation sites is 2. The molecule has 0 atom stereocenters. The lowest BCUT2D eigenvalue weighted by Gasteiger charge is -2.18. The van der Waals surface area contributed by atoms with Crippen LogP contribution in [-0.4, -0.2) is 23.1 Å². The number of hydrogen-bond acceptors (Lipinski definition) is 1. The van der Waals surface area contributed by atoms with Crippen LogP contribution in [0.1, 0.15) is 22.4 Å². The molecule has 0 bridgehead atoms. The standard InChI is InChI=1S/C26H26N2.ClH/c1-27(19-20-8-3-2-4-9-20)17-16-24-18-23-12-7-11-22-15-14-21-10-5-6-13-25(21)28(24)26(22)23;/h2-13,18H,14-17,19H2,1H3;1H. The van der Waals surface area contributed by atoms with Crippen LogP contribution in [0.2, 0.25) is 0 Å². The smallest absolute Gasteiger partial charge is 0.0563 e. The fourth-order valence-electron chi connectivity index (χ4n) is 4.54. The van der Waals surface area contributed by atoms with Crippen LogP contribution in [0, 0.1) is 0 Å². The zero-order chi connectivity index (χ0) is 18.9. The van der Waals surface area contributed by atoms with Crippen LogP contribution in [-0.2, 0) is 25.8 Å². The molecule has 0 spiro atoms. The molecule has 148 valence electrons. The zero-order valence-corrected chi connectivity index (χ0v) is 17.7. The summed E-state index contributed by atoms with van der Waals surface area (Å²) in [6.45, 7) is 2.03. The summed E-state index contributed by atoms with van der Waals surface area (Å²) >= 11 is 0. The topological polar surface area (TPSA) is 8.17 Å². The van der Waals surface area contributed by atoms with Gasteiger partial charge in [-0.2, -0.15) is 0 Å². The lowest BCUT2D eigenvalue weighted by atomic mass is 10.0. The van der Waals surface area contributed by atoms with Gasteiger partial charge < -0.3 is 9.47 Å². The van der Waals surface area contributed by atoms with E-state index in [0.717, 1.165) is 32.4 Å². The monoisotopic (exact) mass is 402 g/mol. The lowest BCUT2D eigenvalue weighted by Crippen LogP contribution is -2.21. The molecule has 1 aliphatic rings. The Morgan fingerprint density at radius 3 is 2.41 bits per heavy atom. The number of aryl methyl sites for hydroxylation is 2. The maximum absolute atomic E-state index is 2.53. The van der Waals surface area contributed by atoms with Crippen molar-refractivity contribution in [2.75, 3.05) is 13.6 Å². The molecular weight excluding hydrogens is 376 g/mol. The van der Waals surface area contributed by atoms with Gasteiger partial charge in [0.1, 0.15) is 0 Å². The highest BCUT2D eigenvalue weighted by atomic mass is 35.5. The first-order valence-corrected chi connectivity index (χ1v) is 10.2. The van der Waals surface area contributed by atoms with Crippen molar-refractivity contribution < 1.29 is 0 Å². The van der Waals surface area contributed by atoms with Crippen LogP contribution in [0.15, 0.2) is 78.9 Å². The second-order valence-electron chi connectivity index (χ2n) is 7.93.